The lowest BCUT2D eigenvalue weighted by Crippen LogP contribution is -2.47. The maximum atomic E-state index is 12.8. The Hall–Kier alpha value is -2.72. The first-order chi connectivity index (χ1) is 13.8. The largest absolute Gasteiger partial charge is 0.312 e. The van der Waals surface area contributed by atoms with Gasteiger partial charge < -0.3 is 9.47 Å². The molecular weight excluding hydrogens is 346 g/mol. The highest BCUT2D eigenvalue weighted by molar-refractivity contribution is 5.63. The van der Waals surface area contributed by atoms with Gasteiger partial charge >= 0.3 is 0 Å². The van der Waals surface area contributed by atoms with Gasteiger partial charge in [0.2, 0.25) is 0 Å². The van der Waals surface area contributed by atoms with Crippen molar-refractivity contribution in [2.45, 2.75) is 25.3 Å². The molecule has 2 aliphatic rings. The van der Waals surface area contributed by atoms with Gasteiger partial charge in [-0.1, -0.05) is 36.4 Å². The second kappa shape index (κ2) is 7.36. The number of aromatic nitrogens is 2. The van der Waals surface area contributed by atoms with Gasteiger partial charge in [0.15, 0.2) is 0 Å². The van der Waals surface area contributed by atoms with E-state index >= 15 is 0 Å². The predicted octanol–water partition coefficient (Wildman–Crippen LogP) is 3.57. The standard InChI is InChI=1S/C24H25N3O/c28-24-13-21(20-6-2-1-3-7-20)12-23-22-11-19(16-27(23)24)15-26(17-22)10-8-18-5-4-9-25-14-18/h1-7,9,12-14,19,22H,8,10-11,15-17H2/t19-,22+/m0/s1. The number of hydrogen-bond acceptors (Lipinski definition) is 3. The van der Waals surface area contributed by atoms with Crippen molar-refractivity contribution in [2.24, 2.45) is 5.92 Å². The predicted molar refractivity (Wildman–Crippen MR) is 111 cm³/mol. The van der Waals surface area contributed by atoms with Crippen molar-refractivity contribution in [1.29, 1.82) is 0 Å². The molecule has 0 saturated carbocycles. The summed E-state index contributed by atoms with van der Waals surface area (Å²) in [6.45, 7) is 4.03. The molecule has 0 unspecified atom stereocenters. The number of piperidine rings is 1. The highest BCUT2D eigenvalue weighted by Gasteiger charge is 2.34. The van der Waals surface area contributed by atoms with Gasteiger partial charge in [0.25, 0.3) is 5.56 Å². The summed E-state index contributed by atoms with van der Waals surface area (Å²) in [4.78, 5) is 19.6. The van der Waals surface area contributed by atoms with Crippen molar-refractivity contribution in [2.75, 3.05) is 19.6 Å². The topological polar surface area (TPSA) is 38.1 Å². The first-order valence-electron chi connectivity index (χ1n) is 10.2. The first kappa shape index (κ1) is 17.4. The fourth-order valence-electron chi connectivity index (χ4n) is 4.87. The summed E-state index contributed by atoms with van der Waals surface area (Å²) in [5.41, 5.74) is 4.82. The maximum Gasteiger partial charge on any atom is 0.251 e. The molecule has 0 radical (unpaired) electrons. The van der Waals surface area contributed by atoms with Crippen LogP contribution in [-0.4, -0.2) is 34.1 Å². The molecule has 2 aromatic heterocycles. The Kier molecular flexibility index (Phi) is 4.57. The molecule has 1 saturated heterocycles. The molecule has 4 heterocycles. The highest BCUT2D eigenvalue weighted by atomic mass is 16.1. The van der Waals surface area contributed by atoms with Crippen LogP contribution in [0.3, 0.4) is 0 Å². The molecular formula is C24H25N3O. The van der Waals surface area contributed by atoms with Gasteiger partial charge in [-0.2, -0.15) is 0 Å². The van der Waals surface area contributed by atoms with E-state index in [2.05, 4.69) is 34.1 Å². The van der Waals surface area contributed by atoms with Crippen LogP contribution < -0.4 is 5.56 Å². The maximum absolute atomic E-state index is 12.8. The highest BCUT2D eigenvalue weighted by Crippen LogP contribution is 2.36. The second-order valence-corrected chi connectivity index (χ2v) is 8.15. The van der Waals surface area contributed by atoms with Gasteiger partial charge in [0, 0.05) is 56.3 Å². The van der Waals surface area contributed by atoms with Crippen molar-refractivity contribution < 1.29 is 0 Å². The van der Waals surface area contributed by atoms with Crippen LogP contribution in [0.2, 0.25) is 0 Å². The van der Waals surface area contributed by atoms with Gasteiger partial charge in [-0.25, -0.2) is 0 Å². The van der Waals surface area contributed by atoms with Crippen molar-refractivity contribution in [1.82, 2.24) is 14.5 Å². The van der Waals surface area contributed by atoms with Crippen LogP contribution in [0.1, 0.15) is 23.6 Å². The van der Waals surface area contributed by atoms with Crippen LogP contribution in [0, 0.1) is 5.92 Å². The molecule has 5 rings (SSSR count). The van der Waals surface area contributed by atoms with Crippen LogP contribution in [0.25, 0.3) is 11.1 Å². The molecule has 0 N–H and O–H groups in total. The number of hydrogen-bond donors (Lipinski definition) is 0. The SMILES string of the molecule is O=c1cc(-c2ccccc2)cc2n1C[C@H]1C[C@@H]2CN(CCc2cccnc2)C1. The average molecular weight is 371 g/mol. The minimum absolute atomic E-state index is 0.148. The molecule has 1 fully saturated rings. The lowest BCUT2D eigenvalue weighted by atomic mass is 9.82. The minimum atomic E-state index is 0.148. The number of benzene rings is 1. The number of likely N-dealkylation sites (tertiary alicyclic amines) is 1. The van der Waals surface area contributed by atoms with E-state index in [1.54, 1.807) is 6.07 Å². The van der Waals surface area contributed by atoms with Crippen LogP contribution in [-0.2, 0) is 13.0 Å². The number of nitrogens with zero attached hydrogens (tertiary/aromatic N) is 3. The minimum Gasteiger partial charge on any atom is -0.312 e. The van der Waals surface area contributed by atoms with E-state index in [4.69, 9.17) is 0 Å². The molecule has 3 aromatic rings. The molecule has 0 aliphatic carbocycles. The fraction of sp³-hybridized carbons (Fsp3) is 0.333. The average Bonchev–Trinajstić information content (AvgIpc) is 2.74. The Morgan fingerprint density at radius 2 is 1.86 bits per heavy atom. The third-order valence-electron chi connectivity index (χ3n) is 6.18. The third kappa shape index (κ3) is 3.40. The lowest BCUT2D eigenvalue weighted by molar-refractivity contribution is 0.121. The third-order valence-corrected chi connectivity index (χ3v) is 6.18. The molecule has 2 bridgehead atoms. The Bertz CT molecular complexity index is 1010. The van der Waals surface area contributed by atoms with E-state index in [1.165, 1.54) is 17.7 Å². The summed E-state index contributed by atoms with van der Waals surface area (Å²) in [5, 5.41) is 0. The molecule has 4 heteroatoms. The monoisotopic (exact) mass is 371 g/mol. The molecule has 142 valence electrons. The summed E-state index contributed by atoms with van der Waals surface area (Å²) in [6, 6.07) is 18.5. The van der Waals surface area contributed by atoms with Gasteiger partial charge in [-0.15, -0.1) is 0 Å². The van der Waals surface area contributed by atoms with Crippen LogP contribution >= 0.6 is 0 Å². The summed E-state index contributed by atoms with van der Waals surface area (Å²) in [7, 11) is 0. The number of fused-ring (bicyclic) bond motifs is 4. The fourth-order valence-corrected chi connectivity index (χ4v) is 4.87. The second-order valence-electron chi connectivity index (χ2n) is 8.15. The molecule has 2 atom stereocenters. The van der Waals surface area contributed by atoms with E-state index < -0.39 is 0 Å². The number of pyridine rings is 2. The smallest absolute Gasteiger partial charge is 0.251 e. The van der Waals surface area contributed by atoms with Crippen LogP contribution in [0.15, 0.2) is 71.8 Å². The molecule has 0 spiro atoms. The Labute approximate surface area is 165 Å². The van der Waals surface area contributed by atoms with E-state index in [9.17, 15) is 4.79 Å². The van der Waals surface area contributed by atoms with E-state index in [0.29, 0.717) is 11.8 Å². The summed E-state index contributed by atoms with van der Waals surface area (Å²) in [6.07, 6.45) is 6.02. The zero-order valence-electron chi connectivity index (χ0n) is 16.0. The van der Waals surface area contributed by atoms with Crippen molar-refractivity contribution in [3.05, 3.63) is 88.6 Å². The summed E-state index contributed by atoms with van der Waals surface area (Å²) >= 11 is 0. The molecule has 1 aromatic carbocycles. The van der Waals surface area contributed by atoms with E-state index in [1.807, 2.05) is 41.2 Å². The van der Waals surface area contributed by atoms with E-state index in [0.717, 1.165) is 43.7 Å². The summed E-state index contributed by atoms with van der Waals surface area (Å²) < 4.78 is 2.03. The van der Waals surface area contributed by atoms with Crippen LogP contribution in [0.5, 0.6) is 0 Å². The lowest BCUT2D eigenvalue weighted by Gasteiger charge is -2.43. The van der Waals surface area contributed by atoms with Gasteiger partial charge in [-0.3, -0.25) is 9.78 Å². The van der Waals surface area contributed by atoms with E-state index in [-0.39, 0.29) is 5.56 Å². The van der Waals surface area contributed by atoms with Gasteiger partial charge in [0.1, 0.15) is 0 Å². The summed E-state index contributed by atoms with van der Waals surface area (Å²) in [5.74, 6) is 1.01. The zero-order valence-corrected chi connectivity index (χ0v) is 16.0. The van der Waals surface area contributed by atoms with Crippen molar-refractivity contribution >= 4 is 0 Å². The Morgan fingerprint density at radius 3 is 2.68 bits per heavy atom. The molecule has 2 aliphatic heterocycles. The van der Waals surface area contributed by atoms with Gasteiger partial charge in [0.05, 0.1) is 0 Å². The Balaban J connectivity index is 1.39. The zero-order chi connectivity index (χ0) is 18.9. The Morgan fingerprint density at radius 1 is 0.964 bits per heavy atom. The van der Waals surface area contributed by atoms with Gasteiger partial charge in [-0.05, 0) is 47.6 Å². The molecule has 0 amide bonds. The van der Waals surface area contributed by atoms with Crippen molar-refractivity contribution in [3.8, 4) is 11.1 Å². The first-order valence-corrected chi connectivity index (χ1v) is 10.2. The number of rotatable bonds is 4. The van der Waals surface area contributed by atoms with Crippen LogP contribution in [0.4, 0.5) is 0 Å². The molecule has 4 nitrogen and oxygen atoms in total. The quantitative estimate of drug-likeness (QED) is 0.704. The normalized spacial score (nSPS) is 21.3. The molecule has 28 heavy (non-hydrogen) atoms. The van der Waals surface area contributed by atoms with Crippen molar-refractivity contribution in [3.63, 3.8) is 0 Å².